The molecule has 1 aromatic heterocycles. The summed E-state index contributed by atoms with van der Waals surface area (Å²) in [6.45, 7) is 0. The van der Waals surface area contributed by atoms with E-state index >= 15 is 0 Å². The molecule has 7 nitrogen and oxygen atoms in total. The molecule has 0 aliphatic rings. The summed E-state index contributed by atoms with van der Waals surface area (Å²) in [5.74, 6) is -0.760. The first-order chi connectivity index (χ1) is 9.54. The molecule has 0 radical (unpaired) electrons. The number of aromatic hydroxyl groups is 1. The molecule has 2 aromatic rings. The van der Waals surface area contributed by atoms with Crippen LogP contribution in [0.5, 0.6) is 5.75 Å². The number of hydrogen-bond acceptors (Lipinski definition) is 5. The van der Waals surface area contributed by atoms with Crippen LogP contribution >= 0.6 is 0 Å². The van der Waals surface area contributed by atoms with Gasteiger partial charge in [-0.2, -0.15) is 0 Å². The molecular formula is C13H11N3O4. The maximum Gasteiger partial charge on any atom is 0.313 e. The minimum Gasteiger partial charge on any atom is -0.501 e. The molecule has 20 heavy (non-hydrogen) atoms. The molecule has 0 saturated heterocycles. The molecule has 0 fully saturated rings. The van der Waals surface area contributed by atoms with Crippen molar-refractivity contribution in [2.75, 3.05) is 7.05 Å². The highest BCUT2D eigenvalue weighted by molar-refractivity contribution is 5.98. The summed E-state index contributed by atoms with van der Waals surface area (Å²) in [6.07, 6.45) is 4.29. The number of benzene rings is 1. The van der Waals surface area contributed by atoms with Gasteiger partial charge in [-0.1, -0.05) is 0 Å². The van der Waals surface area contributed by atoms with Crippen molar-refractivity contribution in [3.8, 4) is 5.75 Å². The summed E-state index contributed by atoms with van der Waals surface area (Å²) in [4.78, 5) is 25.2. The summed E-state index contributed by atoms with van der Waals surface area (Å²) < 4.78 is 0. The van der Waals surface area contributed by atoms with Crippen LogP contribution in [0.2, 0.25) is 0 Å². The zero-order valence-electron chi connectivity index (χ0n) is 10.5. The van der Waals surface area contributed by atoms with Crippen LogP contribution in [-0.2, 0) is 4.79 Å². The van der Waals surface area contributed by atoms with Crippen LogP contribution in [-0.4, -0.2) is 28.0 Å². The highest BCUT2D eigenvalue weighted by Crippen LogP contribution is 2.34. The van der Waals surface area contributed by atoms with Crippen molar-refractivity contribution in [1.29, 1.82) is 0 Å². The first-order valence-electron chi connectivity index (χ1n) is 5.69. The van der Waals surface area contributed by atoms with Crippen molar-refractivity contribution in [2.45, 2.75) is 0 Å². The molecule has 0 aliphatic carbocycles. The molecule has 1 heterocycles. The van der Waals surface area contributed by atoms with Crippen LogP contribution in [0, 0.1) is 10.1 Å². The summed E-state index contributed by atoms with van der Waals surface area (Å²) in [5, 5.41) is 23.6. The molecule has 2 N–H and O–H groups in total. The number of fused-ring (bicyclic) bond motifs is 1. The van der Waals surface area contributed by atoms with E-state index < -0.39 is 16.4 Å². The van der Waals surface area contributed by atoms with E-state index in [1.165, 1.54) is 31.5 Å². The average Bonchev–Trinajstić information content (AvgIpc) is 2.44. The van der Waals surface area contributed by atoms with Crippen molar-refractivity contribution in [3.05, 3.63) is 46.1 Å². The van der Waals surface area contributed by atoms with Crippen LogP contribution in [0.3, 0.4) is 0 Å². The second kappa shape index (κ2) is 5.35. The highest BCUT2D eigenvalue weighted by Gasteiger charge is 2.17. The lowest BCUT2D eigenvalue weighted by Crippen LogP contribution is -2.13. The van der Waals surface area contributed by atoms with Gasteiger partial charge >= 0.3 is 5.69 Å². The van der Waals surface area contributed by atoms with Crippen LogP contribution < -0.4 is 5.32 Å². The third kappa shape index (κ3) is 2.41. The van der Waals surface area contributed by atoms with Crippen LogP contribution in [0.25, 0.3) is 17.0 Å². The Labute approximate surface area is 113 Å². The SMILES string of the molecule is CNC(=O)C=Cc1ccnc2c(O)c([N+](=O)[O-])ccc12. The molecule has 1 aromatic carbocycles. The molecule has 0 aliphatic heterocycles. The van der Waals surface area contributed by atoms with E-state index in [0.29, 0.717) is 10.9 Å². The number of nitro groups is 1. The van der Waals surface area contributed by atoms with Gasteiger partial charge in [-0.3, -0.25) is 19.9 Å². The fourth-order valence-electron chi connectivity index (χ4n) is 1.76. The molecule has 0 unspecified atom stereocenters. The number of hydrogen-bond donors (Lipinski definition) is 2. The third-order valence-corrected chi connectivity index (χ3v) is 2.76. The fourth-order valence-corrected chi connectivity index (χ4v) is 1.76. The Morgan fingerprint density at radius 2 is 2.20 bits per heavy atom. The van der Waals surface area contributed by atoms with Gasteiger partial charge in [-0.15, -0.1) is 0 Å². The number of pyridine rings is 1. The van der Waals surface area contributed by atoms with Gasteiger partial charge in [0.15, 0.2) is 0 Å². The normalized spacial score (nSPS) is 10.8. The van der Waals surface area contributed by atoms with Crippen molar-refractivity contribution >= 4 is 28.6 Å². The van der Waals surface area contributed by atoms with Gasteiger partial charge in [0.05, 0.1) is 4.92 Å². The highest BCUT2D eigenvalue weighted by atomic mass is 16.6. The number of aromatic nitrogens is 1. The molecular weight excluding hydrogens is 262 g/mol. The molecule has 2 rings (SSSR count). The second-order valence-corrected chi connectivity index (χ2v) is 3.93. The Balaban J connectivity index is 2.60. The van der Waals surface area contributed by atoms with E-state index in [0.717, 1.165) is 0 Å². The van der Waals surface area contributed by atoms with Crippen molar-refractivity contribution in [3.63, 3.8) is 0 Å². The molecule has 0 spiro atoms. The number of nitrogens with zero attached hydrogens (tertiary/aromatic N) is 2. The summed E-state index contributed by atoms with van der Waals surface area (Å²) in [7, 11) is 1.51. The smallest absolute Gasteiger partial charge is 0.313 e. The first-order valence-corrected chi connectivity index (χ1v) is 5.69. The lowest BCUT2D eigenvalue weighted by Gasteiger charge is -2.04. The molecule has 7 heteroatoms. The van der Waals surface area contributed by atoms with Gasteiger partial charge < -0.3 is 10.4 Å². The number of carbonyl (C=O) groups is 1. The maximum absolute atomic E-state index is 11.2. The Bertz CT molecular complexity index is 725. The van der Waals surface area contributed by atoms with E-state index in [9.17, 15) is 20.0 Å². The molecule has 0 saturated carbocycles. The number of amides is 1. The Hall–Kier alpha value is -2.96. The predicted octanol–water partition coefficient (Wildman–Crippen LogP) is 1.61. The number of nitrogens with one attached hydrogen (secondary N) is 1. The zero-order valence-corrected chi connectivity index (χ0v) is 10.5. The number of nitro benzene ring substituents is 1. The lowest BCUT2D eigenvalue weighted by atomic mass is 10.1. The van der Waals surface area contributed by atoms with Gasteiger partial charge in [-0.25, -0.2) is 0 Å². The Kier molecular flexibility index (Phi) is 3.60. The largest absolute Gasteiger partial charge is 0.501 e. The van der Waals surface area contributed by atoms with Crippen LogP contribution in [0.1, 0.15) is 5.56 Å². The quantitative estimate of drug-likeness (QED) is 0.502. The van der Waals surface area contributed by atoms with E-state index in [1.807, 2.05) is 0 Å². The van der Waals surface area contributed by atoms with Gasteiger partial charge in [-0.05, 0) is 23.8 Å². The number of rotatable bonds is 3. The second-order valence-electron chi connectivity index (χ2n) is 3.93. The first kappa shape index (κ1) is 13.5. The number of phenols is 1. The lowest BCUT2D eigenvalue weighted by molar-refractivity contribution is -0.385. The Morgan fingerprint density at radius 3 is 2.85 bits per heavy atom. The standard InChI is InChI=1S/C13H11N3O4/c1-14-11(17)5-2-8-6-7-15-12-9(8)3-4-10(13(12)18)16(19)20/h2-7,18H,1H3,(H,14,17). The Morgan fingerprint density at radius 1 is 1.45 bits per heavy atom. The fraction of sp³-hybridized carbons (Fsp3) is 0.0769. The molecule has 0 atom stereocenters. The van der Waals surface area contributed by atoms with Crippen molar-refractivity contribution in [1.82, 2.24) is 10.3 Å². The predicted molar refractivity (Wildman–Crippen MR) is 73.2 cm³/mol. The van der Waals surface area contributed by atoms with E-state index in [-0.39, 0.29) is 11.4 Å². The minimum absolute atomic E-state index is 0.123. The van der Waals surface area contributed by atoms with Crippen LogP contribution in [0.15, 0.2) is 30.5 Å². The van der Waals surface area contributed by atoms with E-state index in [4.69, 9.17) is 0 Å². The minimum atomic E-state index is -0.677. The molecule has 0 bridgehead atoms. The maximum atomic E-state index is 11.2. The summed E-state index contributed by atoms with van der Waals surface area (Å²) >= 11 is 0. The summed E-state index contributed by atoms with van der Waals surface area (Å²) in [6, 6.07) is 4.34. The van der Waals surface area contributed by atoms with Crippen molar-refractivity contribution in [2.24, 2.45) is 0 Å². The number of carbonyl (C=O) groups excluding carboxylic acids is 1. The monoisotopic (exact) mass is 273 g/mol. The zero-order chi connectivity index (χ0) is 14.7. The third-order valence-electron chi connectivity index (χ3n) is 2.76. The van der Waals surface area contributed by atoms with Gasteiger partial charge in [0.25, 0.3) is 0 Å². The van der Waals surface area contributed by atoms with Gasteiger partial charge in [0.2, 0.25) is 11.7 Å². The average molecular weight is 273 g/mol. The molecule has 1 amide bonds. The van der Waals surface area contributed by atoms with Gasteiger partial charge in [0.1, 0.15) is 5.52 Å². The van der Waals surface area contributed by atoms with E-state index in [1.54, 1.807) is 12.1 Å². The number of likely N-dealkylation sites (N-methyl/N-ethyl adjacent to an activating group) is 1. The van der Waals surface area contributed by atoms with Crippen molar-refractivity contribution < 1.29 is 14.8 Å². The molecule has 102 valence electrons. The van der Waals surface area contributed by atoms with E-state index in [2.05, 4.69) is 10.3 Å². The van der Waals surface area contributed by atoms with Gasteiger partial charge in [0, 0.05) is 30.8 Å². The van der Waals surface area contributed by atoms with Crippen LogP contribution in [0.4, 0.5) is 5.69 Å². The summed E-state index contributed by atoms with van der Waals surface area (Å²) in [5.41, 5.74) is 0.347. The number of phenolic OH excluding ortho intramolecular Hbond substituents is 1. The topological polar surface area (TPSA) is 105 Å².